The van der Waals surface area contributed by atoms with Crippen LogP contribution in [0.3, 0.4) is 0 Å². The predicted molar refractivity (Wildman–Crippen MR) is 52.5 cm³/mol. The average molecular weight is 189 g/mol. The third-order valence-electron chi connectivity index (χ3n) is 1.13. The van der Waals surface area contributed by atoms with Crippen LogP contribution in [0.15, 0.2) is 0 Å². The van der Waals surface area contributed by atoms with Crippen LogP contribution in [-0.2, 0) is 4.79 Å². The van der Waals surface area contributed by atoms with E-state index in [0.717, 1.165) is 13.0 Å². The van der Waals surface area contributed by atoms with Crippen LogP contribution in [-0.4, -0.2) is 17.6 Å². The van der Waals surface area contributed by atoms with Crippen molar-refractivity contribution in [2.24, 2.45) is 0 Å². The van der Waals surface area contributed by atoms with Crippen molar-refractivity contribution in [1.29, 1.82) is 0 Å². The lowest BCUT2D eigenvalue weighted by Crippen LogP contribution is -2.46. The number of thiocarbonyl (C=S) groups is 1. The summed E-state index contributed by atoms with van der Waals surface area (Å²) in [7, 11) is 0. The second-order valence-corrected chi connectivity index (χ2v) is 2.69. The number of carbonyl (C=O) groups is 1. The van der Waals surface area contributed by atoms with Crippen molar-refractivity contribution in [2.45, 2.75) is 26.7 Å². The van der Waals surface area contributed by atoms with Gasteiger partial charge < -0.3 is 5.32 Å². The van der Waals surface area contributed by atoms with E-state index < -0.39 is 0 Å². The molecular formula is C7H15N3OS. The van der Waals surface area contributed by atoms with Crippen molar-refractivity contribution in [3.63, 3.8) is 0 Å². The number of hydrogen-bond donors (Lipinski definition) is 3. The first-order chi connectivity index (χ1) is 5.70. The van der Waals surface area contributed by atoms with Gasteiger partial charge in [0.1, 0.15) is 0 Å². The zero-order chi connectivity index (χ0) is 9.40. The minimum Gasteiger partial charge on any atom is -0.362 e. The van der Waals surface area contributed by atoms with Gasteiger partial charge in [0.25, 0.3) is 0 Å². The Morgan fingerprint density at radius 3 is 2.50 bits per heavy atom. The van der Waals surface area contributed by atoms with E-state index in [-0.39, 0.29) is 5.91 Å². The molecule has 0 bridgehead atoms. The largest absolute Gasteiger partial charge is 0.362 e. The van der Waals surface area contributed by atoms with Crippen LogP contribution in [0.2, 0.25) is 0 Å². The maximum atomic E-state index is 10.9. The van der Waals surface area contributed by atoms with Crippen molar-refractivity contribution < 1.29 is 4.79 Å². The van der Waals surface area contributed by atoms with Crippen LogP contribution >= 0.6 is 12.2 Å². The molecule has 0 aromatic carbocycles. The van der Waals surface area contributed by atoms with Crippen LogP contribution in [0.25, 0.3) is 0 Å². The molecule has 0 aromatic rings. The van der Waals surface area contributed by atoms with Crippen molar-refractivity contribution >= 4 is 23.2 Å². The average Bonchev–Trinajstić information content (AvgIpc) is 2.02. The molecule has 0 aliphatic rings. The van der Waals surface area contributed by atoms with Crippen molar-refractivity contribution in [3.05, 3.63) is 0 Å². The smallest absolute Gasteiger partial charge is 0.238 e. The Hall–Kier alpha value is -0.840. The highest BCUT2D eigenvalue weighted by molar-refractivity contribution is 7.80. The first-order valence-corrected chi connectivity index (χ1v) is 4.44. The van der Waals surface area contributed by atoms with Crippen LogP contribution in [0.4, 0.5) is 0 Å². The molecule has 0 atom stereocenters. The van der Waals surface area contributed by atoms with E-state index in [9.17, 15) is 4.79 Å². The molecule has 0 fully saturated rings. The summed E-state index contributed by atoms with van der Waals surface area (Å²) in [4.78, 5) is 10.9. The highest BCUT2D eigenvalue weighted by atomic mass is 32.1. The van der Waals surface area contributed by atoms with Crippen LogP contribution in [0.5, 0.6) is 0 Å². The Labute approximate surface area is 78.1 Å². The van der Waals surface area contributed by atoms with Gasteiger partial charge in [-0.05, 0) is 25.6 Å². The Morgan fingerprint density at radius 1 is 1.33 bits per heavy atom. The van der Waals surface area contributed by atoms with Gasteiger partial charge in [-0.25, -0.2) is 0 Å². The quantitative estimate of drug-likeness (QED) is 0.441. The first kappa shape index (κ1) is 11.2. The standard InChI is InChI=1S/C7H15N3OS/c1-3-5-6(11)9-10-7(12)8-4-2/h3-5H2,1-2H3,(H,9,11)(H2,8,10,12). The van der Waals surface area contributed by atoms with E-state index >= 15 is 0 Å². The molecule has 70 valence electrons. The van der Waals surface area contributed by atoms with E-state index in [1.165, 1.54) is 0 Å². The molecular weight excluding hydrogens is 174 g/mol. The number of rotatable bonds is 3. The van der Waals surface area contributed by atoms with Crippen molar-refractivity contribution in [1.82, 2.24) is 16.2 Å². The number of nitrogens with one attached hydrogen (secondary N) is 3. The lowest BCUT2D eigenvalue weighted by atomic mass is 10.3. The van der Waals surface area contributed by atoms with Gasteiger partial charge in [-0.3, -0.25) is 15.6 Å². The molecule has 0 heterocycles. The zero-order valence-corrected chi connectivity index (χ0v) is 8.25. The minimum atomic E-state index is -0.0437. The van der Waals surface area contributed by atoms with Crippen LogP contribution in [0, 0.1) is 0 Å². The first-order valence-electron chi connectivity index (χ1n) is 4.03. The molecule has 0 rings (SSSR count). The number of amides is 1. The van der Waals surface area contributed by atoms with Gasteiger partial charge in [0.15, 0.2) is 5.11 Å². The van der Waals surface area contributed by atoms with E-state index in [1.54, 1.807) is 0 Å². The number of hydrazine groups is 1. The van der Waals surface area contributed by atoms with Gasteiger partial charge in [-0.2, -0.15) is 0 Å². The Morgan fingerprint density at radius 2 is 2.00 bits per heavy atom. The van der Waals surface area contributed by atoms with E-state index in [0.29, 0.717) is 11.5 Å². The second kappa shape index (κ2) is 6.84. The van der Waals surface area contributed by atoms with E-state index in [1.807, 2.05) is 13.8 Å². The third kappa shape index (κ3) is 5.91. The minimum absolute atomic E-state index is 0.0437. The maximum Gasteiger partial charge on any atom is 0.238 e. The lowest BCUT2D eigenvalue weighted by molar-refractivity contribution is -0.121. The monoisotopic (exact) mass is 189 g/mol. The van der Waals surface area contributed by atoms with Gasteiger partial charge in [0, 0.05) is 13.0 Å². The normalized spacial score (nSPS) is 8.83. The predicted octanol–water partition coefficient (Wildman–Crippen LogP) is 0.302. The Bertz CT molecular complexity index is 143. The third-order valence-corrected chi connectivity index (χ3v) is 1.38. The van der Waals surface area contributed by atoms with Crippen molar-refractivity contribution in [3.8, 4) is 0 Å². The molecule has 0 aliphatic carbocycles. The summed E-state index contributed by atoms with van der Waals surface area (Å²) in [5, 5.41) is 3.29. The maximum absolute atomic E-state index is 10.9. The molecule has 0 unspecified atom stereocenters. The zero-order valence-electron chi connectivity index (χ0n) is 7.44. The van der Waals surface area contributed by atoms with Crippen LogP contribution in [0.1, 0.15) is 26.7 Å². The SMILES string of the molecule is CCCC(=O)NNC(=S)NCC. The summed E-state index contributed by atoms with van der Waals surface area (Å²) >= 11 is 4.82. The second-order valence-electron chi connectivity index (χ2n) is 2.28. The highest BCUT2D eigenvalue weighted by Crippen LogP contribution is 1.83. The van der Waals surface area contributed by atoms with Crippen molar-refractivity contribution in [2.75, 3.05) is 6.54 Å². The van der Waals surface area contributed by atoms with Crippen LogP contribution < -0.4 is 16.2 Å². The molecule has 1 amide bonds. The molecule has 0 radical (unpaired) electrons. The molecule has 0 aromatic heterocycles. The van der Waals surface area contributed by atoms with Gasteiger partial charge in [0.05, 0.1) is 0 Å². The Balaban J connectivity index is 3.40. The summed E-state index contributed by atoms with van der Waals surface area (Å²) in [6, 6.07) is 0. The lowest BCUT2D eigenvalue weighted by Gasteiger charge is -2.09. The number of hydrogen-bond acceptors (Lipinski definition) is 2. The molecule has 0 saturated heterocycles. The molecule has 12 heavy (non-hydrogen) atoms. The summed E-state index contributed by atoms with van der Waals surface area (Å²) in [6.07, 6.45) is 1.35. The van der Waals surface area contributed by atoms with Gasteiger partial charge in [-0.15, -0.1) is 0 Å². The number of carbonyl (C=O) groups excluding carboxylic acids is 1. The summed E-state index contributed by atoms with van der Waals surface area (Å²) < 4.78 is 0. The topological polar surface area (TPSA) is 53.2 Å². The van der Waals surface area contributed by atoms with E-state index in [2.05, 4.69) is 16.2 Å². The van der Waals surface area contributed by atoms with Gasteiger partial charge >= 0.3 is 0 Å². The molecule has 0 spiro atoms. The molecule has 0 saturated carbocycles. The fraction of sp³-hybridized carbons (Fsp3) is 0.714. The van der Waals surface area contributed by atoms with Gasteiger partial charge in [-0.1, -0.05) is 6.92 Å². The Kier molecular flexibility index (Phi) is 6.37. The fourth-order valence-electron chi connectivity index (χ4n) is 0.621. The summed E-state index contributed by atoms with van der Waals surface area (Å²) in [6.45, 7) is 4.62. The van der Waals surface area contributed by atoms with Gasteiger partial charge in [0.2, 0.25) is 5.91 Å². The summed E-state index contributed by atoms with van der Waals surface area (Å²) in [5.74, 6) is -0.0437. The molecule has 4 nitrogen and oxygen atoms in total. The molecule has 3 N–H and O–H groups in total. The van der Waals surface area contributed by atoms with E-state index in [4.69, 9.17) is 12.2 Å². The highest BCUT2D eigenvalue weighted by Gasteiger charge is 1.97. The molecule has 0 aliphatic heterocycles. The molecule has 5 heteroatoms. The summed E-state index contributed by atoms with van der Waals surface area (Å²) in [5.41, 5.74) is 5.06. The fourth-order valence-corrected chi connectivity index (χ4v) is 0.816.